The van der Waals surface area contributed by atoms with Crippen LogP contribution >= 0.6 is 11.3 Å². The number of thiazole rings is 1. The molecule has 26 heavy (non-hydrogen) atoms. The molecule has 2 N–H and O–H groups in total. The standard InChI is InChI=1S/C16H14F3N3O3S/c1-2-7-20-15-22-12(9-26-15)14(24)25-8-13(23)21-11-5-3-10(4-6-11)16(17,18)19/h2-6,9H,1,7-8H2,(H,20,22)(H,21,23). The Kier molecular flexibility index (Phi) is 6.34. The Bertz CT molecular complexity index is 788. The van der Waals surface area contributed by atoms with Gasteiger partial charge in [0.15, 0.2) is 17.4 Å². The Hall–Kier alpha value is -2.88. The second-order valence-corrected chi connectivity index (χ2v) is 5.76. The van der Waals surface area contributed by atoms with Crippen molar-refractivity contribution in [1.29, 1.82) is 0 Å². The molecule has 0 unspecified atom stereocenters. The Balaban J connectivity index is 1.83. The molecule has 0 atom stereocenters. The molecule has 6 nitrogen and oxygen atoms in total. The first-order valence-corrected chi connectivity index (χ1v) is 8.12. The Morgan fingerprint density at radius 2 is 1.96 bits per heavy atom. The van der Waals surface area contributed by atoms with Crippen molar-refractivity contribution in [2.24, 2.45) is 0 Å². The summed E-state index contributed by atoms with van der Waals surface area (Å²) in [6, 6.07) is 3.91. The number of benzene rings is 1. The highest BCUT2D eigenvalue weighted by Gasteiger charge is 2.30. The lowest BCUT2D eigenvalue weighted by atomic mass is 10.2. The van der Waals surface area contributed by atoms with Gasteiger partial charge >= 0.3 is 12.1 Å². The fraction of sp³-hybridized carbons (Fsp3) is 0.188. The SMILES string of the molecule is C=CCNc1nc(C(=O)OCC(=O)Nc2ccc(C(F)(F)F)cc2)cs1. The van der Waals surface area contributed by atoms with Gasteiger partial charge in [-0.15, -0.1) is 17.9 Å². The molecule has 0 bridgehead atoms. The first-order valence-electron chi connectivity index (χ1n) is 7.24. The van der Waals surface area contributed by atoms with E-state index in [-0.39, 0.29) is 11.4 Å². The highest BCUT2D eigenvalue weighted by Crippen LogP contribution is 2.29. The molecule has 0 aliphatic rings. The summed E-state index contributed by atoms with van der Waals surface area (Å²) in [5.41, 5.74) is -0.626. The van der Waals surface area contributed by atoms with Crippen LogP contribution in [0.4, 0.5) is 24.0 Å². The topological polar surface area (TPSA) is 80.3 Å². The van der Waals surface area contributed by atoms with E-state index in [1.165, 1.54) is 16.7 Å². The van der Waals surface area contributed by atoms with E-state index in [0.717, 1.165) is 24.3 Å². The van der Waals surface area contributed by atoms with E-state index in [9.17, 15) is 22.8 Å². The monoisotopic (exact) mass is 385 g/mol. The van der Waals surface area contributed by atoms with E-state index in [2.05, 4.69) is 22.2 Å². The molecule has 2 aromatic rings. The lowest BCUT2D eigenvalue weighted by Crippen LogP contribution is -2.21. The smallest absolute Gasteiger partial charge is 0.416 e. The number of alkyl halides is 3. The Morgan fingerprint density at radius 1 is 1.27 bits per heavy atom. The van der Waals surface area contributed by atoms with Gasteiger partial charge < -0.3 is 15.4 Å². The van der Waals surface area contributed by atoms with Gasteiger partial charge in [0.05, 0.1) is 5.56 Å². The van der Waals surface area contributed by atoms with Gasteiger partial charge in [0.25, 0.3) is 5.91 Å². The van der Waals surface area contributed by atoms with Crippen molar-refractivity contribution in [1.82, 2.24) is 4.98 Å². The quantitative estimate of drug-likeness (QED) is 0.563. The number of hydrogen-bond acceptors (Lipinski definition) is 6. The maximum absolute atomic E-state index is 12.5. The Labute approximate surface area is 150 Å². The number of aromatic nitrogens is 1. The number of rotatable bonds is 7. The number of hydrogen-bond donors (Lipinski definition) is 2. The van der Waals surface area contributed by atoms with Crippen molar-refractivity contribution in [3.63, 3.8) is 0 Å². The maximum atomic E-state index is 12.5. The van der Waals surface area contributed by atoms with E-state index >= 15 is 0 Å². The van der Waals surface area contributed by atoms with Crippen LogP contribution < -0.4 is 10.6 Å². The second kappa shape index (κ2) is 8.48. The summed E-state index contributed by atoms with van der Waals surface area (Å²) in [6.07, 6.45) is -2.82. The minimum Gasteiger partial charge on any atom is -0.451 e. The third-order valence-corrected chi connectivity index (χ3v) is 3.74. The summed E-state index contributed by atoms with van der Waals surface area (Å²) in [6.45, 7) is 3.43. The van der Waals surface area contributed by atoms with E-state index in [1.54, 1.807) is 6.08 Å². The van der Waals surface area contributed by atoms with Crippen molar-refractivity contribution >= 4 is 34.0 Å². The molecule has 0 aliphatic carbocycles. The number of carbonyl (C=O) groups excluding carboxylic acids is 2. The molecule has 0 saturated carbocycles. The number of carbonyl (C=O) groups is 2. The summed E-state index contributed by atoms with van der Waals surface area (Å²) in [4.78, 5) is 27.5. The average Bonchev–Trinajstić information content (AvgIpc) is 3.06. The van der Waals surface area contributed by atoms with Gasteiger partial charge in [0.1, 0.15) is 0 Å². The molecule has 1 amide bonds. The first-order chi connectivity index (χ1) is 12.3. The average molecular weight is 385 g/mol. The largest absolute Gasteiger partial charge is 0.451 e. The third kappa shape index (κ3) is 5.59. The number of anilines is 2. The maximum Gasteiger partial charge on any atom is 0.416 e. The van der Waals surface area contributed by atoms with Gasteiger partial charge in [-0.05, 0) is 24.3 Å². The summed E-state index contributed by atoms with van der Waals surface area (Å²) < 4.78 is 42.2. The van der Waals surface area contributed by atoms with Crippen molar-refractivity contribution in [2.45, 2.75) is 6.18 Å². The molecule has 1 aromatic heterocycles. The molecule has 138 valence electrons. The number of ether oxygens (including phenoxy) is 1. The van der Waals surface area contributed by atoms with Gasteiger partial charge in [-0.2, -0.15) is 13.2 Å². The van der Waals surface area contributed by atoms with E-state index in [1.807, 2.05) is 0 Å². The van der Waals surface area contributed by atoms with Gasteiger partial charge in [-0.25, -0.2) is 9.78 Å². The van der Waals surface area contributed by atoms with Crippen LogP contribution in [0.25, 0.3) is 0 Å². The molecule has 0 spiro atoms. The number of halogens is 3. The normalized spacial score (nSPS) is 10.9. The zero-order chi connectivity index (χ0) is 19.2. The van der Waals surface area contributed by atoms with Crippen LogP contribution in [0.3, 0.4) is 0 Å². The van der Waals surface area contributed by atoms with Gasteiger partial charge in [-0.1, -0.05) is 6.08 Å². The third-order valence-electron chi connectivity index (χ3n) is 2.94. The van der Waals surface area contributed by atoms with E-state index < -0.39 is 30.2 Å². The van der Waals surface area contributed by atoms with Crippen LogP contribution in [0.5, 0.6) is 0 Å². The van der Waals surface area contributed by atoms with Crippen molar-refractivity contribution in [3.8, 4) is 0 Å². The van der Waals surface area contributed by atoms with E-state index in [0.29, 0.717) is 11.7 Å². The van der Waals surface area contributed by atoms with Crippen molar-refractivity contribution in [2.75, 3.05) is 23.8 Å². The van der Waals surface area contributed by atoms with Crippen LogP contribution in [0, 0.1) is 0 Å². The lowest BCUT2D eigenvalue weighted by Gasteiger charge is -2.09. The van der Waals surface area contributed by atoms with Gasteiger partial charge in [0.2, 0.25) is 0 Å². The van der Waals surface area contributed by atoms with Crippen LogP contribution in [-0.2, 0) is 15.7 Å². The molecule has 0 radical (unpaired) electrons. The number of nitrogens with zero attached hydrogens (tertiary/aromatic N) is 1. The minimum atomic E-state index is -4.45. The molecular weight excluding hydrogens is 371 g/mol. The fourth-order valence-corrected chi connectivity index (χ4v) is 2.44. The molecule has 1 heterocycles. The molecule has 10 heteroatoms. The zero-order valence-corrected chi connectivity index (χ0v) is 14.1. The molecule has 0 fully saturated rings. The summed E-state index contributed by atoms with van der Waals surface area (Å²) in [5, 5.41) is 7.22. The predicted octanol–water partition coefficient (Wildman–Crippen LogP) is 3.56. The lowest BCUT2D eigenvalue weighted by molar-refractivity contribution is -0.137. The summed E-state index contributed by atoms with van der Waals surface area (Å²) in [5.74, 6) is -1.46. The molecular formula is C16H14F3N3O3S. The molecule has 1 aromatic carbocycles. The number of amides is 1. The first kappa shape index (κ1) is 19.4. The fourth-order valence-electron chi connectivity index (χ4n) is 1.75. The number of esters is 1. The molecule has 0 saturated heterocycles. The summed E-state index contributed by atoms with van der Waals surface area (Å²) in [7, 11) is 0. The second-order valence-electron chi connectivity index (χ2n) is 4.91. The van der Waals surface area contributed by atoms with Crippen LogP contribution in [-0.4, -0.2) is 30.0 Å². The van der Waals surface area contributed by atoms with Crippen molar-refractivity contribution in [3.05, 3.63) is 53.6 Å². The van der Waals surface area contributed by atoms with Crippen LogP contribution in [0.15, 0.2) is 42.3 Å². The Morgan fingerprint density at radius 3 is 2.58 bits per heavy atom. The van der Waals surface area contributed by atoms with Gasteiger partial charge in [0, 0.05) is 17.6 Å². The van der Waals surface area contributed by atoms with Crippen molar-refractivity contribution < 1.29 is 27.5 Å². The van der Waals surface area contributed by atoms with Crippen LogP contribution in [0.2, 0.25) is 0 Å². The van der Waals surface area contributed by atoms with E-state index in [4.69, 9.17) is 4.74 Å². The predicted molar refractivity (Wildman–Crippen MR) is 91.2 cm³/mol. The molecule has 2 rings (SSSR count). The zero-order valence-electron chi connectivity index (χ0n) is 13.3. The summed E-state index contributed by atoms with van der Waals surface area (Å²) >= 11 is 1.19. The van der Waals surface area contributed by atoms with Gasteiger partial charge in [-0.3, -0.25) is 4.79 Å². The highest BCUT2D eigenvalue weighted by molar-refractivity contribution is 7.13. The molecule has 0 aliphatic heterocycles. The minimum absolute atomic E-state index is 0.0453. The van der Waals surface area contributed by atoms with Crippen LogP contribution in [0.1, 0.15) is 16.1 Å². The number of nitrogens with one attached hydrogen (secondary N) is 2. The highest BCUT2D eigenvalue weighted by atomic mass is 32.1.